The van der Waals surface area contributed by atoms with Crippen LogP contribution in [0, 0.1) is 0 Å². The van der Waals surface area contributed by atoms with Gasteiger partial charge in [-0.3, -0.25) is 0 Å². The van der Waals surface area contributed by atoms with E-state index in [9.17, 15) is 9.90 Å². The van der Waals surface area contributed by atoms with Crippen LogP contribution in [-0.2, 0) is 0 Å². The van der Waals surface area contributed by atoms with Gasteiger partial charge >= 0.3 is 5.97 Å². The lowest BCUT2D eigenvalue weighted by Crippen LogP contribution is -2.02. The molecule has 96 valence electrons. The Bertz CT molecular complexity index is 383. The number of phenolic OH excluding ortho intramolecular Hbond substituents is 1. The highest BCUT2D eigenvalue weighted by Crippen LogP contribution is 2.32. The molecule has 0 atom stereocenters. The molecule has 0 aliphatic carbocycles. The van der Waals surface area contributed by atoms with Crippen LogP contribution in [-0.4, -0.2) is 23.3 Å². The maximum atomic E-state index is 10.9. The van der Waals surface area contributed by atoms with E-state index in [0.717, 1.165) is 0 Å². The summed E-state index contributed by atoms with van der Waals surface area (Å²) in [6, 6.07) is 2.78. The van der Waals surface area contributed by atoms with Gasteiger partial charge in [0, 0.05) is 6.07 Å². The summed E-state index contributed by atoms with van der Waals surface area (Å²) >= 11 is 0. The summed E-state index contributed by atoms with van der Waals surface area (Å²) in [5.41, 5.74) is 0.673. The molecule has 4 heteroatoms. The molecule has 0 radical (unpaired) electrons. The number of aromatic hydroxyl groups is 1. The number of benzene rings is 1. The predicted molar refractivity (Wildman–Crippen MR) is 67.1 cm³/mol. The molecular weight excluding hydrogens is 220 g/mol. The number of carboxylic acid groups (broad SMARTS) is 1. The Morgan fingerprint density at radius 2 is 1.82 bits per heavy atom. The van der Waals surface area contributed by atoms with Gasteiger partial charge in [-0.2, -0.15) is 0 Å². The first-order chi connectivity index (χ1) is 7.97. The fourth-order valence-electron chi connectivity index (χ4n) is 1.38. The summed E-state index contributed by atoms with van der Waals surface area (Å²) in [4.78, 5) is 10.9. The second-order valence-corrected chi connectivity index (χ2v) is 3.57. The second-order valence-electron chi connectivity index (χ2n) is 3.57. The fraction of sp³-hybridized carbons (Fsp3) is 0.462. The monoisotopic (exact) mass is 240 g/mol. The molecule has 0 unspecified atom stereocenters. The van der Waals surface area contributed by atoms with Gasteiger partial charge in [-0.25, -0.2) is 4.79 Å². The SMILES string of the molecule is CC.COc1cc(O)c(C(C)C)cc1C(=O)O. The van der Waals surface area contributed by atoms with Gasteiger partial charge in [0.1, 0.15) is 17.1 Å². The minimum absolute atomic E-state index is 0.0619. The smallest absolute Gasteiger partial charge is 0.339 e. The van der Waals surface area contributed by atoms with E-state index in [0.29, 0.717) is 5.56 Å². The number of hydrogen-bond acceptors (Lipinski definition) is 3. The third kappa shape index (κ3) is 3.66. The fourth-order valence-corrected chi connectivity index (χ4v) is 1.38. The zero-order valence-electron chi connectivity index (χ0n) is 10.9. The van der Waals surface area contributed by atoms with Crippen molar-refractivity contribution in [2.45, 2.75) is 33.6 Å². The Hall–Kier alpha value is -1.71. The zero-order chi connectivity index (χ0) is 13.6. The molecule has 0 amide bonds. The lowest BCUT2D eigenvalue weighted by atomic mass is 9.99. The standard InChI is InChI=1S/C11H14O4.C2H6/c1-6(2)7-4-8(11(13)14)10(15-3)5-9(7)12;1-2/h4-6,12H,1-3H3,(H,13,14);1-2H3. The summed E-state index contributed by atoms with van der Waals surface area (Å²) in [7, 11) is 1.37. The number of phenols is 1. The van der Waals surface area contributed by atoms with E-state index in [1.165, 1.54) is 19.2 Å². The van der Waals surface area contributed by atoms with E-state index in [1.807, 2.05) is 27.7 Å². The van der Waals surface area contributed by atoms with Gasteiger partial charge in [0.15, 0.2) is 0 Å². The zero-order valence-corrected chi connectivity index (χ0v) is 10.9. The Morgan fingerprint density at radius 1 is 1.29 bits per heavy atom. The van der Waals surface area contributed by atoms with Crippen LogP contribution in [0.4, 0.5) is 0 Å². The average Bonchev–Trinajstić information content (AvgIpc) is 2.30. The number of ether oxygens (including phenoxy) is 1. The Balaban J connectivity index is 0.00000121. The van der Waals surface area contributed by atoms with E-state index in [2.05, 4.69) is 0 Å². The van der Waals surface area contributed by atoms with E-state index in [4.69, 9.17) is 9.84 Å². The van der Waals surface area contributed by atoms with Gasteiger partial charge in [0.2, 0.25) is 0 Å². The molecule has 0 aromatic heterocycles. The maximum absolute atomic E-state index is 10.9. The van der Waals surface area contributed by atoms with Crippen molar-refractivity contribution < 1.29 is 19.7 Å². The minimum Gasteiger partial charge on any atom is -0.508 e. The quantitative estimate of drug-likeness (QED) is 0.851. The molecule has 4 nitrogen and oxygen atoms in total. The molecule has 0 heterocycles. The van der Waals surface area contributed by atoms with E-state index in [1.54, 1.807) is 0 Å². The molecule has 0 fully saturated rings. The number of methoxy groups -OCH3 is 1. The molecule has 0 saturated heterocycles. The number of hydrogen-bond donors (Lipinski definition) is 2. The lowest BCUT2D eigenvalue weighted by Gasteiger charge is -2.12. The maximum Gasteiger partial charge on any atom is 0.339 e. The molecule has 1 aromatic carbocycles. The van der Waals surface area contributed by atoms with Crippen molar-refractivity contribution >= 4 is 5.97 Å². The van der Waals surface area contributed by atoms with Gasteiger partial charge < -0.3 is 14.9 Å². The molecule has 17 heavy (non-hydrogen) atoms. The van der Waals surface area contributed by atoms with Crippen LogP contribution in [0.15, 0.2) is 12.1 Å². The van der Waals surface area contributed by atoms with Gasteiger partial charge in [-0.05, 0) is 17.5 Å². The third-order valence-electron chi connectivity index (χ3n) is 2.20. The number of carbonyl (C=O) groups is 1. The molecular formula is C13H20O4. The van der Waals surface area contributed by atoms with Gasteiger partial charge in [-0.1, -0.05) is 27.7 Å². The highest BCUT2D eigenvalue weighted by molar-refractivity contribution is 5.91. The Kier molecular flexibility index (Phi) is 6.10. The normalized spacial score (nSPS) is 9.53. The van der Waals surface area contributed by atoms with Crippen molar-refractivity contribution in [3.63, 3.8) is 0 Å². The molecule has 0 bridgehead atoms. The summed E-state index contributed by atoms with van der Waals surface area (Å²) in [6.07, 6.45) is 0. The predicted octanol–water partition coefficient (Wildman–Crippen LogP) is 3.25. The van der Waals surface area contributed by atoms with Gasteiger partial charge in [-0.15, -0.1) is 0 Å². The third-order valence-corrected chi connectivity index (χ3v) is 2.20. The average molecular weight is 240 g/mol. The first kappa shape index (κ1) is 15.3. The molecule has 2 N–H and O–H groups in total. The largest absolute Gasteiger partial charge is 0.508 e. The van der Waals surface area contributed by atoms with Crippen LogP contribution in [0.25, 0.3) is 0 Å². The van der Waals surface area contributed by atoms with Crippen LogP contribution in [0.2, 0.25) is 0 Å². The summed E-state index contributed by atoms with van der Waals surface area (Å²) in [5.74, 6) is -0.765. The second kappa shape index (κ2) is 6.78. The molecule has 0 aliphatic heterocycles. The first-order valence-corrected chi connectivity index (χ1v) is 5.61. The van der Waals surface area contributed by atoms with Crippen molar-refractivity contribution in [2.24, 2.45) is 0 Å². The van der Waals surface area contributed by atoms with Crippen LogP contribution >= 0.6 is 0 Å². The number of carboxylic acids is 1. The molecule has 0 spiro atoms. The van der Waals surface area contributed by atoms with Crippen molar-refractivity contribution in [2.75, 3.05) is 7.11 Å². The van der Waals surface area contributed by atoms with Crippen molar-refractivity contribution in [3.05, 3.63) is 23.3 Å². The van der Waals surface area contributed by atoms with Crippen molar-refractivity contribution in [1.82, 2.24) is 0 Å². The topological polar surface area (TPSA) is 66.8 Å². The summed E-state index contributed by atoms with van der Waals surface area (Å²) in [5, 5.41) is 18.6. The molecule has 0 aliphatic rings. The first-order valence-electron chi connectivity index (χ1n) is 5.61. The van der Waals surface area contributed by atoms with Crippen LogP contribution in [0.1, 0.15) is 49.5 Å². The van der Waals surface area contributed by atoms with E-state index in [-0.39, 0.29) is 23.0 Å². The summed E-state index contributed by atoms with van der Waals surface area (Å²) < 4.78 is 4.88. The molecule has 1 aromatic rings. The highest BCUT2D eigenvalue weighted by atomic mass is 16.5. The Morgan fingerprint density at radius 3 is 2.18 bits per heavy atom. The van der Waals surface area contributed by atoms with Crippen LogP contribution in [0.3, 0.4) is 0 Å². The van der Waals surface area contributed by atoms with Crippen molar-refractivity contribution in [1.29, 1.82) is 0 Å². The molecule has 1 rings (SSSR count). The van der Waals surface area contributed by atoms with Crippen LogP contribution in [0.5, 0.6) is 11.5 Å². The highest BCUT2D eigenvalue weighted by Gasteiger charge is 2.16. The Labute approximate surface area is 102 Å². The number of aromatic carboxylic acids is 1. The number of rotatable bonds is 3. The van der Waals surface area contributed by atoms with Crippen LogP contribution < -0.4 is 4.74 Å². The van der Waals surface area contributed by atoms with Gasteiger partial charge in [0.05, 0.1) is 7.11 Å². The van der Waals surface area contributed by atoms with E-state index < -0.39 is 5.97 Å². The van der Waals surface area contributed by atoms with Crippen molar-refractivity contribution in [3.8, 4) is 11.5 Å². The lowest BCUT2D eigenvalue weighted by molar-refractivity contribution is 0.0693. The van der Waals surface area contributed by atoms with E-state index >= 15 is 0 Å². The molecule has 0 saturated carbocycles. The summed E-state index contributed by atoms with van der Waals surface area (Å²) in [6.45, 7) is 7.76. The van der Waals surface area contributed by atoms with Gasteiger partial charge in [0.25, 0.3) is 0 Å². The minimum atomic E-state index is -1.06.